The van der Waals surface area contributed by atoms with Gasteiger partial charge in [-0.15, -0.1) is 0 Å². The molecule has 1 heterocycles. The van der Waals surface area contributed by atoms with E-state index in [1.165, 1.54) is 18.2 Å². The molecule has 166 valence electrons. The van der Waals surface area contributed by atoms with Gasteiger partial charge in [-0.2, -0.15) is 0 Å². The fourth-order valence-corrected chi connectivity index (χ4v) is 5.05. The number of nitrogens with zero attached hydrogens (tertiary/aromatic N) is 2. The molecule has 32 heavy (non-hydrogen) atoms. The molecule has 6 nitrogen and oxygen atoms in total. The van der Waals surface area contributed by atoms with E-state index in [-0.39, 0.29) is 29.0 Å². The summed E-state index contributed by atoms with van der Waals surface area (Å²) in [7, 11) is 0. The molecule has 0 unspecified atom stereocenters. The molecule has 1 aliphatic carbocycles. The summed E-state index contributed by atoms with van der Waals surface area (Å²) >= 11 is 1.32. The molecule has 1 aliphatic rings. The van der Waals surface area contributed by atoms with Crippen LogP contribution in [0.2, 0.25) is 0 Å². The lowest BCUT2D eigenvalue weighted by Gasteiger charge is -2.26. The van der Waals surface area contributed by atoms with Crippen LogP contribution in [-0.2, 0) is 4.79 Å². The molecule has 2 aromatic carbocycles. The zero-order valence-electron chi connectivity index (χ0n) is 18.2. The lowest BCUT2D eigenvalue weighted by molar-refractivity contribution is -0.115. The summed E-state index contributed by atoms with van der Waals surface area (Å²) in [6.07, 6.45) is 5.74. The Hall–Kier alpha value is -2.93. The third kappa shape index (κ3) is 4.93. The van der Waals surface area contributed by atoms with Gasteiger partial charge in [-0.05, 0) is 49.2 Å². The number of amides is 1. The zero-order valence-corrected chi connectivity index (χ0v) is 19.0. The van der Waals surface area contributed by atoms with Crippen LogP contribution in [0.1, 0.15) is 61.8 Å². The first kappa shape index (κ1) is 22.3. The van der Waals surface area contributed by atoms with Crippen LogP contribution in [0.3, 0.4) is 0 Å². The Balaban J connectivity index is 1.56. The average Bonchev–Trinajstić information content (AvgIpc) is 2.83. The van der Waals surface area contributed by atoms with Crippen LogP contribution in [0, 0.1) is 0 Å². The first-order valence-corrected chi connectivity index (χ1v) is 12.1. The number of Topliss-reactive ketones (excluding diaryl/α,β-unsaturated/α-hetero) is 1. The lowest BCUT2D eigenvalue weighted by Crippen LogP contribution is -2.29. The lowest BCUT2D eigenvalue weighted by atomic mass is 9.95. The Morgan fingerprint density at radius 1 is 1.06 bits per heavy atom. The summed E-state index contributed by atoms with van der Waals surface area (Å²) in [5, 5.41) is 4.01. The van der Waals surface area contributed by atoms with Crippen molar-refractivity contribution in [3.8, 4) is 0 Å². The Labute approximate surface area is 191 Å². The first-order valence-electron chi connectivity index (χ1n) is 11.1. The van der Waals surface area contributed by atoms with E-state index in [4.69, 9.17) is 4.98 Å². The summed E-state index contributed by atoms with van der Waals surface area (Å²) in [6, 6.07) is 14.4. The topological polar surface area (TPSA) is 81.1 Å². The van der Waals surface area contributed by atoms with Crippen LogP contribution < -0.4 is 10.9 Å². The molecule has 7 heteroatoms. The highest BCUT2D eigenvalue weighted by Crippen LogP contribution is 2.31. The SMILES string of the molecule is CCC(=O)Nc1ccc(C(=O)CSc2nc3ccccc3c(=O)n2C2CCCCC2)cc1. The van der Waals surface area contributed by atoms with Gasteiger partial charge in [0.25, 0.3) is 5.56 Å². The van der Waals surface area contributed by atoms with Crippen molar-refractivity contribution in [2.75, 3.05) is 11.1 Å². The first-order chi connectivity index (χ1) is 15.6. The molecule has 3 aromatic rings. The Kier molecular flexibility index (Phi) is 7.05. The van der Waals surface area contributed by atoms with Crippen molar-refractivity contribution in [2.45, 2.75) is 56.6 Å². The number of thioether (sulfide) groups is 1. The minimum Gasteiger partial charge on any atom is -0.326 e. The third-order valence-electron chi connectivity index (χ3n) is 5.86. The van der Waals surface area contributed by atoms with Crippen molar-refractivity contribution in [1.82, 2.24) is 9.55 Å². The summed E-state index contributed by atoms with van der Waals surface area (Å²) in [5.74, 6) is 0.0849. The van der Waals surface area contributed by atoms with Crippen molar-refractivity contribution in [3.05, 3.63) is 64.4 Å². The largest absolute Gasteiger partial charge is 0.326 e. The van der Waals surface area contributed by atoms with E-state index in [1.807, 2.05) is 28.8 Å². The van der Waals surface area contributed by atoms with E-state index in [9.17, 15) is 14.4 Å². The van der Waals surface area contributed by atoms with Crippen molar-refractivity contribution >= 4 is 40.0 Å². The number of rotatable bonds is 7. The van der Waals surface area contributed by atoms with E-state index in [0.717, 1.165) is 25.7 Å². The second-order valence-electron chi connectivity index (χ2n) is 8.07. The van der Waals surface area contributed by atoms with Crippen LogP contribution in [0.15, 0.2) is 58.5 Å². The molecule has 1 aromatic heterocycles. The van der Waals surface area contributed by atoms with Crippen LogP contribution in [-0.4, -0.2) is 27.0 Å². The Morgan fingerprint density at radius 2 is 1.78 bits per heavy atom. The van der Waals surface area contributed by atoms with Gasteiger partial charge in [-0.1, -0.05) is 50.1 Å². The van der Waals surface area contributed by atoms with Gasteiger partial charge in [0.2, 0.25) is 5.91 Å². The average molecular weight is 450 g/mol. The van der Waals surface area contributed by atoms with Crippen LogP contribution in [0.5, 0.6) is 0 Å². The molecule has 0 saturated heterocycles. The Bertz CT molecular complexity index is 1180. The minimum absolute atomic E-state index is 0.0199. The molecule has 1 saturated carbocycles. The molecule has 0 radical (unpaired) electrons. The van der Waals surface area contributed by atoms with E-state index in [1.54, 1.807) is 31.2 Å². The maximum absolute atomic E-state index is 13.3. The number of hydrogen-bond acceptors (Lipinski definition) is 5. The molecule has 0 atom stereocenters. The zero-order chi connectivity index (χ0) is 22.5. The van der Waals surface area contributed by atoms with Gasteiger partial charge >= 0.3 is 0 Å². The smallest absolute Gasteiger partial charge is 0.262 e. The number of carbonyl (C=O) groups excluding carboxylic acids is 2. The van der Waals surface area contributed by atoms with Crippen molar-refractivity contribution in [2.24, 2.45) is 0 Å². The minimum atomic E-state index is -0.0669. The molecular formula is C25H27N3O3S. The quantitative estimate of drug-likeness (QED) is 0.304. The standard InChI is InChI=1S/C25H27N3O3S/c1-2-23(30)26-18-14-12-17(13-15-18)22(29)16-32-25-27-21-11-7-6-10-20(21)24(31)28(25)19-8-4-3-5-9-19/h6-7,10-15,19H,2-5,8-9,16H2,1H3,(H,26,30). The third-order valence-corrected chi connectivity index (χ3v) is 6.81. The molecule has 4 rings (SSSR count). The number of fused-ring (bicyclic) bond motifs is 1. The molecular weight excluding hydrogens is 422 g/mol. The molecule has 1 N–H and O–H groups in total. The summed E-state index contributed by atoms with van der Waals surface area (Å²) < 4.78 is 1.82. The normalized spacial score (nSPS) is 14.4. The molecule has 0 bridgehead atoms. The molecule has 0 spiro atoms. The van der Waals surface area contributed by atoms with Gasteiger partial charge in [-0.3, -0.25) is 19.0 Å². The van der Waals surface area contributed by atoms with Crippen molar-refractivity contribution in [3.63, 3.8) is 0 Å². The number of benzene rings is 2. The van der Waals surface area contributed by atoms with Gasteiger partial charge < -0.3 is 5.32 Å². The number of nitrogens with one attached hydrogen (secondary N) is 1. The van der Waals surface area contributed by atoms with Gasteiger partial charge in [-0.25, -0.2) is 4.98 Å². The maximum Gasteiger partial charge on any atom is 0.262 e. The monoisotopic (exact) mass is 449 g/mol. The summed E-state index contributed by atoms with van der Waals surface area (Å²) in [6.45, 7) is 1.79. The van der Waals surface area contributed by atoms with E-state index in [0.29, 0.717) is 33.7 Å². The van der Waals surface area contributed by atoms with Gasteiger partial charge in [0.1, 0.15) is 0 Å². The second kappa shape index (κ2) is 10.1. The molecule has 1 amide bonds. The van der Waals surface area contributed by atoms with Gasteiger partial charge in [0.05, 0.1) is 16.7 Å². The second-order valence-corrected chi connectivity index (χ2v) is 9.01. The summed E-state index contributed by atoms with van der Waals surface area (Å²) in [4.78, 5) is 42.4. The number of anilines is 1. The van der Waals surface area contributed by atoms with Crippen molar-refractivity contribution < 1.29 is 9.59 Å². The number of hydrogen-bond donors (Lipinski definition) is 1. The van der Waals surface area contributed by atoms with Crippen LogP contribution in [0.4, 0.5) is 5.69 Å². The molecule has 1 fully saturated rings. The van der Waals surface area contributed by atoms with Crippen LogP contribution in [0.25, 0.3) is 10.9 Å². The predicted molar refractivity (Wildman–Crippen MR) is 129 cm³/mol. The maximum atomic E-state index is 13.3. The highest BCUT2D eigenvalue weighted by molar-refractivity contribution is 7.99. The fourth-order valence-electron chi connectivity index (χ4n) is 4.09. The van der Waals surface area contributed by atoms with E-state index in [2.05, 4.69) is 5.32 Å². The predicted octanol–water partition coefficient (Wildman–Crippen LogP) is 5.23. The van der Waals surface area contributed by atoms with Crippen molar-refractivity contribution in [1.29, 1.82) is 0 Å². The number of carbonyl (C=O) groups is 2. The number of ketones is 1. The molecule has 0 aliphatic heterocycles. The fraction of sp³-hybridized carbons (Fsp3) is 0.360. The van der Waals surface area contributed by atoms with Gasteiger partial charge in [0, 0.05) is 23.7 Å². The number of para-hydroxylation sites is 1. The highest BCUT2D eigenvalue weighted by Gasteiger charge is 2.22. The number of aromatic nitrogens is 2. The van der Waals surface area contributed by atoms with Crippen LogP contribution >= 0.6 is 11.8 Å². The van der Waals surface area contributed by atoms with E-state index < -0.39 is 0 Å². The van der Waals surface area contributed by atoms with Gasteiger partial charge in [0.15, 0.2) is 10.9 Å². The summed E-state index contributed by atoms with van der Waals surface area (Å²) in [5.41, 5.74) is 1.88. The Morgan fingerprint density at radius 3 is 2.50 bits per heavy atom. The highest BCUT2D eigenvalue weighted by atomic mass is 32.2. The van der Waals surface area contributed by atoms with E-state index >= 15 is 0 Å².